The van der Waals surface area contributed by atoms with Crippen LogP contribution in [0, 0.1) is 5.92 Å². The Morgan fingerprint density at radius 2 is 2.30 bits per heavy atom. The lowest BCUT2D eigenvalue weighted by Crippen LogP contribution is -2.29. The lowest BCUT2D eigenvalue weighted by atomic mass is 10.1. The van der Waals surface area contributed by atoms with E-state index in [1.165, 1.54) is 13.0 Å². The third-order valence-electron chi connectivity index (χ3n) is 3.88. The molecule has 1 saturated heterocycles. The quantitative estimate of drug-likeness (QED) is 0.820. The van der Waals surface area contributed by atoms with Crippen LogP contribution in [0.5, 0.6) is 0 Å². The number of likely N-dealkylation sites (tertiary alicyclic amines) is 1. The monoisotopic (exact) mass is 311 g/mol. The van der Waals surface area contributed by atoms with Gasteiger partial charge in [-0.3, -0.25) is 0 Å². The predicted octanol–water partition coefficient (Wildman–Crippen LogP) is 3.12. The molecule has 0 saturated carbocycles. The molecule has 2 rings (SSSR count). The fourth-order valence-corrected chi connectivity index (χ4v) is 2.94. The van der Waals surface area contributed by atoms with Crippen LogP contribution < -0.4 is 11.1 Å². The van der Waals surface area contributed by atoms with Crippen LogP contribution in [0.25, 0.3) is 0 Å². The zero-order valence-electron chi connectivity index (χ0n) is 12.0. The highest BCUT2D eigenvalue weighted by Crippen LogP contribution is 2.25. The van der Waals surface area contributed by atoms with Gasteiger partial charge in [0.1, 0.15) is 4.99 Å². The van der Waals surface area contributed by atoms with E-state index in [4.69, 9.17) is 29.6 Å². The Kier molecular flexibility index (Phi) is 5.24. The molecule has 3 N–H and O–H groups in total. The maximum absolute atomic E-state index is 6.25. The second-order valence-electron chi connectivity index (χ2n) is 5.68. The Hall–Kier alpha value is -0.840. The summed E-state index contributed by atoms with van der Waals surface area (Å²) >= 11 is 11.2. The number of nitrogens with zero attached hydrogens (tertiary/aromatic N) is 1. The first-order valence-electron chi connectivity index (χ1n) is 7.04. The zero-order valence-corrected chi connectivity index (χ0v) is 13.6. The summed E-state index contributed by atoms with van der Waals surface area (Å²) in [6, 6.07) is 6.31. The van der Waals surface area contributed by atoms with E-state index in [2.05, 4.69) is 24.1 Å². The number of anilines is 1. The summed E-state index contributed by atoms with van der Waals surface area (Å²) in [4.78, 5) is 2.89. The molecule has 20 heavy (non-hydrogen) atoms. The zero-order chi connectivity index (χ0) is 14.7. The fourth-order valence-electron chi connectivity index (χ4n) is 2.56. The van der Waals surface area contributed by atoms with Gasteiger partial charge >= 0.3 is 0 Å². The molecule has 0 amide bonds. The first-order valence-corrected chi connectivity index (χ1v) is 7.83. The Labute approximate surface area is 131 Å². The Morgan fingerprint density at radius 1 is 1.55 bits per heavy atom. The minimum absolute atomic E-state index is 0.377. The van der Waals surface area contributed by atoms with Gasteiger partial charge in [-0.25, -0.2) is 0 Å². The molecule has 0 spiro atoms. The molecule has 1 aliphatic heterocycles. The van der Waals surface area contributed by atoms with Crippen molar-refractivity contribution >= 4 is 34.5 Å². The van der Waals surface area contributed by atoms with E-state index >= 15 is 0 Å². The number of halogens is 1. The Balaban J connectivity index is 1.90. The minimum Gasteiger partial charge on any atom is -0.389 e. The van der Waals surface area contributed by atoms with Crippen LogP contribution in [0.2, 0.25) is 5.02 Å². The van der Waals surface area contributed by atoms with E-state index in [-0.39, 0.29) is 0 Å². The number of hydrogen-bond acceptors (Lipinski definition) is 3. The van der Waals surface area contributed by atoms with Gasteiger partial charge in [0.15, 0.2) is 0 Å². The highest BCUT2D eigenvalue weighted by atomic mass is 35.5. The van der Waals surface area contributed by atoms with E-state index in [1.54, 1.807) is 0 Å². The van der Waals surface area contributed by atoms with E-state index in [9.17, 15) is 0 Å². The molecule has 110 valence electrons. The maximum atomic E-state index is 6.25. The second-order valence-corrected chi connectivity index (χ2v) is 6.53. The number of rotatable bonds is 5. The van der Waals surface area contributed by atoms with Crippen molar-refractivity contribution in [2.45, 2.75) is 26.3 Å². The Bertz CT molecular complexity index is 490. The maximum Gasteiger partial charge on any atom is 0.104 e. The number of benzene rings is 1. The molecule has 0 aliphatic carbocycles. The molecule has 1 aromatic rings. The standard InChI is InChI=1S/C15H22ClN3S/c1-10(2)19-6-5-11(9-19)8-18-14-4-3-12(15(17)20)7-13(14)16/h3-4,7,10-11,18H,5-6,8-9H2,1-2H3,(H2,17,20). The third-order valence-corrected chi connectivity index (χ3v) is 4.43. The number of nitrogens with one attached hydrogen (secondary N) is 1. The summed E-state index contributed by atoms with van der Waals surface area (Å²) in [7, 11) is 0. The van der Waals surface area contributed by atoms with Crippen molar-refractivity contribution < 1.29 is 0 Å². The molecule has 0 radical (unpaired) electrons. The first kappa shape index (κ1) is 15.5. The lowest BCUT2D eigenvalue weighted by Gasteiger charge is -2.20. The van der Waals surface area contributed by atoms with Crippen LogP contribution in [-0.4, -0.2) is 35.6 Å². The van der Waals surface area contributed by atoms with Crippen LogP contribution >= 0.6 is 23.8 Å². The highest BCUT2D eigenvalue weighted by Gasteiger charge is 2.23. The average molecular weight is 312 g/mol. The van der Waals surface area contributed by atoms with Crippen molar-refractivity contribution in [2.24, 2.45) is 11.7 Å². The van der Waals surface area contributed by atoms with Gasteiger partial charge < -0.3 is 16.0 Å². The predicted molar refractivity (Wildman–Crippen MR) is 90.6 cm³/mol. The molecule has 1 aliphatic rings. The number of hydrogen-bond donors (Lipinski definition) is 2. The summed E-state index contributed by atoms with van der Waals surface area (Å²) in [5.41, 5.74) is 7.36. The molecule has 1 unspecified atom stereocenters. The largest absolute Gasteiger partial charge is 0.389 e. The molecule has 1 atom stereocenters. The highest BCUT2D eigenvalue weighted by molar-refractivity contribution is 7.80. The smallest absolute Gasteiger partial charge is 0.104 e. The SMILES string of the molecule is CC(C)N1CCC(CNc2ccc(C(N)=S)cc2Cl)C1. The normalized spacial score (nSPS) is 19.5. The molecular formula is C15H22ClN3S. The molecule has 3 nitrogen and oxygen atoms in total. The van der Waals surface area contributed by atoms with Gasteiger partial charge in [0.2, 0.25) is 0 Å². The molecule has 0 aromatic heterocycles. The minimum atomic E-state index is 0.377. The topological polar surface area (TPSA) is 41.3 Å². The van der Waals surface area contributed by atoms with Gasteiger partial charge in [-0.2, -0.15) is 0 Å². The summed E-state index contributed by atoms with van der Waals surface area (Å²) < 4.78 is 0. The molecule has 1 heterocycles. The van der Waals surface area contributed by atoms with Crippen molar-refractivity contribution in [3.63, 3.8) is 0 Å². The number of nitrogens with two attached hydrogens (primary N) is 1. The van der Waals surface area contributed by atoms with Crippen LogP contribution in [0.15, 0.2) is 18.2 Å². The van der Waals surface area contributed by atoms with E-state index < -0.39 is 0 Å². The van der Waals surface area contributed by atoms with Gasteiger partial charge in [0.05, 0.1) is 10.7 Å². The van der Waals surface area contributed by atoms with Crippen LogP contribution in [0.4, 0.5) is 5.69 Å². The van der Waals surface area contributed by atoms with Gasteiger partial charge in [-0.15, -0.1) is 0 Å². The van der Waals surface area contributed by atoms with E-state index in [0.29, 0.717) is 22.0 Å². The molecule has 1 aromatic carbocycles. The van der Waals surface area contributed by atoms with Gasteiger partial charge in [-0.05, 0) is 50.9 Å². The summed E-state index contributed by atoms with van der Waals surface area (Å²) in [5, 5.41) is 4.11. The molecular weight excluding hydrogens is 290 g/mol. The number of thiocarbonyl (C=S) groups is 1. The second kappa shape index (κ2) is 6.74. The van der Waals surface area contributed by atoms with Crippen molar-refractivity contribution in [1.82, 2.24) is 4.90 Å². The van der Waals surface area contributed by atoms with Crippen molar-refractivity contribution in [1.29, 1.82) is 0 Å². The fraction of sp³-hybridized carbons (Fsp3) is 0.533. The van der Waals surface area contributed by atoms with E-state index in [1.807, 2.05) is 18.2 Å². The lowest BCUT2D eigenvalue weighted by molar-refractivity contribution is 0.266. The summed E-state index contributed by atoms with van der Waals surface area (Å²) in [6.45, 7) is 7.81. The van der Waals surface area contributed by atoms with E-state index in [0.717, 1.165) is 24.3 Å². The van der Waals surface area contributed by atoms with Crippen molar-refractivity contribution in [3.8, 4) is 0 Å². The van der Waals surface area contributed by atoms with Crippen LogP contribution in [0.1, 0.15) is 25.8 Å². The van der Waals surface area contributed by atoms with Crippen LogP contribution in [-0.2, 0) is 0 Å². The summed E-state index contributed by atoms with van der Waals surface area (Å²) in [5.74, 6) is 0.684. The van der Waals surface area contributed by atoms with Gasteiger partial charge in [-0.1, -0.05) is 23.8 Å². The summed E-state index contributed by atoms with van der Waals surface area (Å²) in [6.07, 6.45) is 1.24. The third kappa shape index (κ3) is 3.84. The molecule has 0 bridgehead atoms. The van der Waals surface area contributed by atoms with Gasteiger partial charge in [0.25, 0.3) is 0 Å². The van der Waals surface area contributed by atoms with Crippen molar-refractivity contribution in [2.75, 3.05) is 25.0 Å². The average Bonchev–Trinajstić information content (AvgIpc) is 2.86. The Morgan fingerprint density at radius 3 is 2.85 bits per heavy atom. The molecule has 1 fully saturated rings. The molecule has 5 heteroatoms. The van der Waals surface area contributed by atoms with Gasteiger partial charge in [0, 0.05) is 24.7 Å². The van der Waals surface area contributed by atoms with Crippen molar-refractivity contribution in [3.05, 3.63) is 28.8 Å². The van der Waals surface area contributed by atoms with Crippen LogP contribution in [0.3, 0.4) is 0 Å². The first-order chi connectivity index (χ1) is 9.47.